The molecule has 20 heavy (non-hydrogen) atoms. The Kier molecular flexibility index (Phi) is 11.9. The molecule has 0 aliphatic heterocycles. The van der Waals surface area contributed by atoms with Gasteiger partial charge in [0.15, 0.2) is 0 Å². The van der Waals surface area contributed by atoms with E-state index in [1.807, 2.05) is 0 Å². The molecule has 0 aromatic heterocycles. The minimum absolute atomic E-state index is 0.503. The van der Waals surface area contributed by atoms with Crippen LogP contribution in [-0.2, 0) is 0 Å². The van der Waals surface area contributed by atoms with E-state index >= 15 is 0 Å². The summed E-state index contributed by atoms with van der Waals surface area (Å²) in [7, 11) is -1.01. The van der Waals surface area contributed by atoms with Gasteiger partial charge in [-0.05, 0) is 25.7 Å². The largest absolute Gasteiger partial charge is 0.0586 e. The highest BCUT2D eigenvalue weighted by atomic mass is 31.2. The molecule has 0 heterocycles. The average Bonchev–Trinajstić information content (AvgIpc) is 2.27. The van der Waals surface area contributed by atoms with Crippen molar-refractivity contribution in [2.24, 2.45) is 0 Å². The summed E-state index contributed by atoms with van der Waals surface area (Å²) in [6.45, 7) is 14.8. The normalized spacial score (nSPS) is 12.9. The smallest absolute Gasteiger partial charge is 0.0533 e. The van der Waals surface area contributed by atoms with Gasteiger partial charge in [0.05, 0.1) is 12.3 Å². The lowest BCUT2D eigenvalue weighted by Crippen LogP contribution is -1.93. The van der Waals surface area contributed by atoms with Gasteiger partial charge in [-0.1, -0.05) is 38.5 Å². The third-order valence-electron chi connectivity index (χ3n) is 3.91. The van der Waals surface area contributed by atoms with Gasteiger partial charge in [0.2, 0.25) is 0 Å². The Morgan fingerprint density at radius 1 is 0.350 bits per heavy atom. The molecule has 0 atom stereocenters. The monoisotopic (exact) mass is 320 g/mol. The van der Waals surface area contributed by atoms with Gasteiger partial charge in [-0.15, -0.1) is 0 Å². The summed E-state index contributed by atoms with van der Waals surface area (Å²) in [4.78, 5) is 0. The van der Waals surface area contributed by atoms with Gasteiger partial charge in [0.25, 0.3) is 0 Å². The average molecular weight is 320 g/mol. The summed E-state index contributed by atoms with van der Waals surface area (Å²) in [6, 6.07) is 0. The van der Waals surface area contributed by atoms with Crippen molar-refractivity contribution >= 4 is 14.5 Å². The van der Waals surface area contributed by atoms with Crippen molar-refractivity contribution < 1.29 is 0 Å². The van der Waals surface area contributed by atoms with E-state index < -0.39 is 14.5 Å². The van der Waals surface area contributed by atoms with Crippen LogP contribution in [0.15, 0.2) is 0 Å². The molecular weight excluding hydrogens is 278 g/mol. The number of rotatable bonds is 13. The standard InChI is InChI=1S/C18H42P2/c1-19(2,3)17-15-13-11-9-7-8-10-12-14-16-18-20(4,5)6/h7-18H2,1-6H3/q+2. The van der Waals surface area contributed by atoms with Crippen LogP contribution in [0.5, 0.6) is 0 Å². The highest BCUT2D eigenvalue weighted by Crippen LogP contribution is 2.47. The van der Waals surface area contributed by atoms with Gasteiger partial charge >= 0.3 is 0 Å². The Morgan fingerprint density at radius 3 is 0.750 bits per heavy atom. The van der Waals surface area contributed by atoms with Crippen molar-refractivity contribution in [3.05, 3.63) is 0 Å². The van der Waals surface area contributed by atoms with Gasteiger partial charge in [-0.3, -0.25) is 0 Å². The first-order chi connectivity index (χ1) is 9.21. The molecule has 0 aromatic rings. The summed E-state index contributed by atoms with van der Waals surface area (Å²) in [6.07, 6.45) is 17.8. The Bertz CT molecular complexity index is 186. The first-order valence-electron chi connectivity index (χ1n) is 8.82. The predicted octanol–water partition coefficient (Wildman–Crippen LogP) is 6.70. The number of hydrogen-bond donors (Lipinski definition) is 0. The molecule has 0 aliphatic carbocycles. The van der Waals surface area contributed by atoms with Crippen LogP contribution in [0.1, 0.15) is 64.2 Å². The molecule has 0 amide bonds. The second-order valence-electron chi connectivity index (χ2n) is 8.56. The molecule has 0 saturated heterocycles. The third-order valence-corrected chi connectivity index (χ3v) is 7.22. The Morgan fingerprint density at radius 2 is 0.550 bits per heavy atom. The molecule has 2 heteroatoms. The number of unbranched alkanes of at least 4 members (excludes halogenated alkanes) is 9. The second kappa shape index (κ2) is 11.4. The minimum Gasteiger partial charge on any atom is -0.0533 e. The molecule has 122 valence electrons. The molecule has 0 N–H and O–H groups in total. The van der Waals surface area contributed by atoms with Crippen molar-refractivity contribution in [1.29, 1.82) is 0 Å². The van der Waals surface area contributed by atoms with Crippen molar-refractivity contribution in [2.45, 2.75) is 64.2 Å². The molecule has 0 bridgehead atoms. The fourth-order valence-electron chi connectivity index (χ4n) is 2.59. The maximum atomic E-state index is 2.47. The quantitative estimate of drug-likeness (QED) is 0.261. The molecule has 0 radical (unpaired) electrons. The van der Waals surface area contributed by atoms with Gasteiger partial charge in [0.1, 0.15) is 0 Å². The van der Waals surface area contributed by atoms with Gasteiger partial charge in [0, 0.05) is 54.5 Å². The zero-order valence-electron chi connectivity index (χ0n) is 15.4. The lowest BCUT2D eigenvalue weighted by molar-refractivity contribution is 0.563. The molecule has 0 saturated carbocycles. The topological polar surface area (TPSA) is 0 Å². The van der Waals surface area contributed by atoms with Crippen LogP contribution in [0.4, 0.5) is 0 Å². The number of hydrogen-bond acceptors (Lipinski definition) is 0. The first-order valence-corrected chi connectivity index (χ1v) is 15.4. The van der Waals surface area contributed by atoms with Gasteiger partial charge < -0.3 is 0 Å². The molecule has 0 nitrogen and oxygen atoms in total. The van der Waals surface area contributed by atoms with E-state index in [1.165, 1.54) is 76.5 Å². The van der Waals surface area contributed by atoms with Crippen molar-refractivity contribution in [2.75, 3.05) is 52.3 Å². The third kappa shape index (κ3) is 18.9. The summed E-state index contributed by atoms with van der Waals surface area (Å²) >= 11 is 0. The van der Waals surface area contributed by atoms with Crippen LogP contribution < -0.4 is 0 Å². The predicted molar refractivity (Wildman–Crippen MR) is 105 cm³/mol. The van der Waals surface area contributed by atoms with Gasteiger partial charge in [-0.25, -0.2) is 0 Å². The van der Waals surface area contributed by atoms with Crippen molar-refractivity contribution in [3.63, 3.8) is 0 Å². The van der Waals surface area contributed by atoms with Crippen LogP contribution in [0.2, 0.25) is 0 Å². The van der Waals surface area contributed by atoms with E-state index in [1.54, 1.807) is 0 Å². The van der Waals surface area contributed by atoms with E-state index in [9.17, 15) is 0 Å². The minimum atomic E-state index is -0.503. The van der Waals surface area contributed by atoms with Crippen molar-refractivity contribution in [3.8, 4) is 0 Å². The zero-order valence-corrected chi connectivity index (χ0v) is 17.2. The van der Waals surface area contributed by atoms with E-state index in [-0.39, 0.29) is 0 Å². The zero-order chi connectivity index (χ0) is 15.5. The summed E-state index contributed by atoms with van der Waals surface area (Å²) < 4.78 is 0. The molecule has 0 aliphatic rings. The molecule has 0 aromatic carbocycles. The SMILES string of the molecule is C[P+](C)(C)CCCCCCCCCCCC[P+](C)(C)C. The summed E-state index contributed by atoms with van der Waals surface area (Å²) in [5.41, 5.74) is 0. The maximum Gasteiger partial charge on any atom is 0.0586 e. The lowest BCUT2D eigenvalue weighted by Gasteiger charge is -2.11. The highest BCUT2D eigenvalue weighted by molar-refractivity contribution is 7.74. The van der Waals surface area contributed by atoms with Crippen LogP contribution >= 0.6 is 14.5 Å². The van der Waals surface area contributed by atoms with E-state index in [4.69, 9.17) is 0 Å². The van der Waals surface area contributed by atoms with Crippen molar-refractivity contribution in [1.82, 2.24) is 0 Å². The Hall–Kier alpha value is 0.860. The Labute approximate surface area is 131 Å². The Balaban J connectivity index is 3.10. The first kappa shape index (κ1) is 20.9. The fourth-order valence-corrected chi connectivity index (χ4v) is 4.93. The molecule has 0 rings (SSSR count). The van der Waals surface area contributed by atoms with E-state index in [2.05, 4.69) is 40.0 Å². The highest BCUT2D eigenvalue weighted by Gasteiger charge is 2.16. The van der Waals surface area contributed by atoms with Crippen LogP contribution in [0.25, 0.3) is 0 Å². The molecule has 0 spiro atoms. The molecule has 0 fully saturated rings. The van der Waals surface area contributed by atoms with Crippen LogP contribution in [-0.4, -0.2) is 52.3 Å². The van der Waals surface area contributed by atoms with Crippen LogP contribution in [0.3, 0.4) is 0 Å². The molecular formula is C18H42P2+2. The summed E-state index contributed by atoms with van der Waals surface area (Å²) in [5, 5.41) is 0. The van der Waals surface area contributed by atoms with Crippen LogP contribution in [0, 0.1) is 0 Å². The maximum absolute atomic E-state index is 2.47. The summed E-state index contributed by atoms with van der Waals surface area (Å²) in [5.74, 6) is 0. The molecule has 0 unspecified atom stereocenters. The fraction of sp³-hybridized carbons (Fsp3) is 1.00. The van der Waals surface area contributed by atoms with E-state index in [0.717, 1.165) is 0 Å². The van der Waals surface area contributed by atoms with E-state index in [0.29, 0.717) is 0 Å². The second-order valence-corrected chi connectivity index (χ2v) is 18.6. The van der Waals surface area contributed by atoms with Gasteiger partial charge in [-0.2, -0.15) is 0 Å². The lowest BCUT2D eigenvalue weighted by atomic mass is 10.1.